The van der Waals surface area contributed by atoms with Gasteiger partial charge in [-0.1, -0.05) is 0 Å². The lowest BCUT2D eigenvalue weighted by Crippen LogP contribution is -2.37. The third-order valence-corrected chi connectivity index (χ3v) is 4.94. The average Bonchev–Trinajstić information content (AvgIpc) is 3.41. The number of carbonyl (C=O) groups is 1. The smallest absolute Gasteiger partial charge is 0.323 e. The van der Waals surface area contributed by atoms with Gasteiger partial charge in [0, 0.05) is 42.9 Å². The van der Waals surface area contributed by atoms with Crippen molar-refractivity contribution in [1.82, 2.24) is 29.7 Å². The molecule has 0 unspecified atom stereocenters. The molecule has 2 N–H and O–H groups in total. The van der Waals surface area contributed by atoms with Gasteiger partial charge in [0.15, 0.2) is 5.82 Å². The molecule has 0 atom stereocenters. The molecule has 0 radical (unpaired) electrons. The van der Waals surface area contributed by atoms with Crippen LogP contribution in [0.1, 0.15) is 0 Å². The maximum Gasteiger partial charge on any atom is 0.323 e. The molecule has 0 aliphatic carbocycles. The van der Waals surface area contributed by atoms with Gasteiger partial charge in [-0.2, -0.15) is 20.1 Å². The van der Waals surface area contributed by atoms with E-state index in [1.165, 1.54) is 0 Å². The normalized spacial score (nSPS) is 13.5. The van der Waals surface area contributed by atoms with Crippen molar-refractivity contribution in [3.63, 3.8) is 0 Å². The molecule has 1 aromatic carbocycles. The molecule has 5 rings (SSSR count). The molecule has 4 aromatic rings. The van der Waals surface area contributed by atoms with Gasteiger partial charge in [0.2, 0.25) is 5.95 Å². The molecule has 3 aromatic heterocycles. The molecule has 11 heteroatoms. The zero-order chi connectivity index (χ0) is 22.5. The number of rotatable bonds is 5. The lowest BCUT2D eigenvalue weighted by molar-refractivity contribution is 0.122. The second kappa shape index (κ2) is 9.40. The number of ether oxygens (including phenoxy) is 1. The molecule has 33 heavy (non-hydrogen) atoms. The van der Waals surface area contributed by atoms with E-state index in [4.69, 9.17) is 4.74 Å². The van der Waals surface area contributed by atoms with Crippen molar-refractivity contribution in [2.75, 3.05) is 41.8 Å². The number of hydrogen-bond donors (Lipinski definition) is 2. The topological polar surface area (TPSA) is 123 Å². The van der Waals surface area contributed by atoms with Gasteiger partial charge in [-0.05, 0) is 42.5 Å². The summed E-state index contributed by atoms with van der Waals surface area (Å²) in [7, 11) is 0. The number of pyridine rings is 1. The SMILES string of the molecule is O=C(Nc1ccc(-c2nc(N3CCOCC3)nc(-n3cccn3)n2)cc1)Nc1cccnc1. The van der Waals surface area contributed by atoms with Crippen molar-refractivity contribution in [3.8, 4) is 17.3 Å². The summed E-state index contributed by atoms with van der Waals surface area (Å²) in [5, 5.41) is 9.78. The van der Waals surface area contributed by atoms with Crippen LogP contribution < -0.4 is 15.5 Å². The fraction of sp³-hybridized carbons (Fsp3) is 0.182. The molecule has 0 spiro atoms. The summed E-state index contributed by atoms with van der Waals surface area (Å²) in [4.78, 5) is 32.2. The van der Waals surface area contributed by atoms with Crippen LogP contribution in [-0.2, 0) is 4.74 Å². The zero-order valence-electron chi connectivity index (χ0n) is 17.6. The van der Waals surface area contributed by atoms with E-state index in [1.54, 1.807) is 53.7 Å². The Hall–Kier alpha value is -4.38. The Morgan fingerprint density at radius 2 is 1.67 bits per heavy atom. The first-order valence-corrected chi connectivity index (χ1v) is 10.4. The molecule has 0 saturated carbocycles. The minimum atomic E-state index is -0.355. The number of nitrogens with zero attached hydrogens (tertiary/aromatic N) is 7. The fourth-order valence-corrected chi connectivity index (χ4v) is 3.31. The number of morpholine rings is 1. The number of benzene rings is 1. The molecule has 4 heterocycles. The lowest BCUT2D eigenvalue weighted by atomic mass is 10.2. The number of aromatic nitrogens is 6. The highest BCUT2D eigenvalue weighted by Crippen LogP contribution is 2.22. The fourth-order valence-electron chi connectivity index (χ4n) is 3.31. The van der Waals surface area contributed by atoms with Gasteiger partial charge in [-0.25, -0.2) is 9.48 Å². The highest BCUT2D eigenvalue weighted by Gasteiger charge is 2.18. The van der Waals surface area contributed by atoms with Crippen LogP contribution in [0.4, 0.5) is 22.1 Å². The summed E-state index contributed by atoms with van der Waals surface area (Å²) in [5.74, 6) is 1.53. The van der Waals surface area contributed by atoms with Crippen LogP contribution in [0.25, 0.3) is 17.3 Å². The van der Waals surface area contributed by atoms with Gasteiger partial charge in [0.25, 0.3) is 5.95 Å². The average molecular weight is 443 g/mol. The Labute approximate surface area is 189 Å². The minimum absolute atomic E-state index is 0.355. The van der Waals surface area contributed by atoms with E-state index in [0.717, 1.165) is 5.56 Å². The Bertz CT molecular complexity index is 1210. The third kappa shape index (κ3) is 4.93. The van der Waals surface area contributed by atoms with Crippen molar-refractivity contribution in [2.45, 2.75) is 0 Å². The number of urea groups is 1. The Morgan fingerprint density at radius 1 is 0.879 bits per heavy atom. The van der Waals surface area contributed by atoms with Crippen LogP contribution in [0.15, 0.2) is 67.3 Å². The Morgan fingerprint density at radius 3 is 2.39 bits per heavy atom. The van der Waals surface area contributed by atoms with Crippen molar-refractivity contribution in [1.29, 1.82) is 0 Å². The Kier molecular flexibility index (Phi) is 5.85. The molecule has 1 aliphatic rings. The van der Waals surface area contributed by atoms with Crippen LogP contribution >= 0.6 is 0 Å². The van der Waals surface area contributed by atoms with E-state index < -0.39 is 0 Å². The van der Waals surface area contributed by atoms with E-state index in [-0.39, 0.29) is 6.03 Å². The molecular weight excluding hydrogens is 422 g/mol. The van der Waals surface area contributed by atoms with E-state index in [9.17, 15) is 4.79 Å². The molecular formula is C22H21N9O2. The van der Waals surface area contributed by atoms with Crippen LogP contribution in [0, 0.1) is 0 Å². The van der Waals surface area contributed by atoms with Gasteiger partial charge >= 0.3 is 6.03 Å². The van der Waals surface area contributed by atoms with E-state index in [0.29, 0.717) is 55.4 Å². The molecule has 166 valence electrons. The van der Waals surface area contributed by atoms with Crippen molar-refractivity contribution in [3.05, 3.63) is 67.3 Å². The first-order chi connectivity index (χ1) is 16.2. The predicted octanol–water partition coefficient (Wildman–Crippen LogP) is 2.60. The molecule has 2 amide bonds. The van der Waals surface area contributed by atoms with Crippen LogP contribution in [0.3, 0.4) is 0 Å². The van der Waals surface area contributed by atoms with E-state index in [2.05, 4.69) is 40.6 Å². The summed E-state index contributed by atoms with van der Waals surface area (Å²) in [6.07, 6.45) is 6.68. The highest BCUT2D eigenvalue weighted by molar-refractivity contribution is 5.99. The van der Waals surface area contributed by atoms with Crippen molar-refractivity contribution < 1.29 is 9.53 Å². The van der Waals surface area contributed by atoms with Gasteiger partial charge in [0.05, 0.1) is 25.1 Å². The molecule has 11 nitrogen and oxygen atoms in total. The summed E-state index contributed by atoms with van der Waals surface area (Å²) in [6.45, 7) is 2.66. The van der Waals surface area contributed by atoms with Crippen LogP contribution in [-0.4, -0.2) is 62.1 Å². The standard InChI is InChI=1S/C22H21N9O2/c32-22(26-18-3-1-8-23-15-18)25-17-6-4-16(5-7-17)19-27-20(30-11-13-33-14-12-30)29-21(28-19)31-10-2-9-24-31/h1-10,15H,11-14H2,(H2,25,26,32). The number of nitrogens with one attached hydrogen (secondary N) is 2. The molecule has 1 aliphatic heterocycles. The minimum Gasteiger partial charge on any atom is -0.378 e. The molecule has 1 fully saturated rings. The first kappa shape index (κ1) is 20.5. The quantitative estimate of drug-likeness (QED) is 0.483. The summed E-state index contributed by atoms with van der Waals surface area (Å²) < 4.78 is 7.05. The van der Waals surface area contributed by atoms with Crippen LogP contribution in [0.2, 0.25) is 0 Å². The van der Waals surface area contributed by atoms with E-state index in [1.807, 2.05) is 18.2 Å². The number of hydrogen-bond acceptors (Lipinski definition) is 8. The first-order valence-electron chi connectivity index (χ1n) is 10.4. The summed E-state index contributed by atoms with van der Waals surface area (Å²) in [6, 6.07) is 12.3. The third-order valence-electron chi connectivity index (χ3n) is 4.94. The monoisotopic (exact) mass is 443 g/mol. The highest BCUT2D eigenvalue weighted by atomic mass is 16.5. The van der Waals surface area contributed by atoms with Gasteiger partial charge in [-0.3, -0.25) is 4.98 Å². The lowest BCUT2D eigenvalue weighted by Gasteiger charge is -2.27. The molecule has 1 saturated heterocycles. The second-order valence-corrected chi connectivity index (χ2v) is 7.21. The Balaban J connectivity index is 1.37. The van der Waals surface area contributed by atoms with Gasteiger partial charge < -0.3 is 20.3 Å². The zero-order valence-corrected chi connectivity index (χ0v) is 17.6. The maximum atomic E-state index is 12.2. The van der Waals surface area contributed by atoms with Gasteiger partial charge in [-0.15, -0.1) is 0 Å². The van der Waals surface area contributed by atoms with Crippen molar-refractivity contribution in [2.24, 2.45) is 0 Å². The second-order valence-electron chi connectivity index (χ2n) is 7.21. The molecule has 0 bridgehead atoms. The number of carbonyl (C=O) groups excluding carboxylic acids is 1. The number of anilines is 3. The predicted molar refractivity (Wildman–Crippen MR) is 122 cm³/mol. The number of amides is 2. The largest absolute Gasteiger partial charge is 0.378 e. The van der Waals surface area contributed by atoms with Crippen molar-refractivity contribution >= 4 is 23.4 Å². The van der Waals surface area contributed by atoms with Crippen LogP contribution in [0.5, 0.6) is 0 Å². The van der Waals surface area contributed by atoms with E-state index >= 15 is 0 Å². The maximum absolute atomic E-state index is 12.2. The summed E-state index contributed by atoms with van der Waals surface area (Å²) >= 11 is 0. The summed E-state index contributed by atoms with van der Waals surface area (Å²) in [5.41, 5.74) is 2.03. The van der Waals surface area contributed by atoms with Gasteiger partial charge in [0.1, 0.15) is 0 Å².